The SMILES string of the molecule is CCC(C)c1ccc(N(C)C(=O)C(C)(C)C#N)cc1. The number of hydrogen-bond acceptors (Lipinski definition) is 2. The van der Waals surface area contributed by atoms with Crippen molar-refractivity contribution in [2.24, 2.45) is 5.41 Å². The van der Waals surface area contributed by atoms with E-state index < -0.39 is 5.41 Å². The maximum Gasteiger partial charge on any atom is 0.246 e. The van der Waals surface area contributed by atoms with Gasteiger partial charge in [-0.25, -0.2) is 0 Å². The van der Waals surface area contributed by atoms with E-state index in [2.05, 4.69) is 13.8 Å². The van der Waals surface area contributed by atoms with Gasteiger partial charge in [0.1, 0.15) is 5.41 Å². The lowest BCUT2D eigenvalue weighted by atomic mass is 9.93. The molecule has 19 heavy (non-hydrogen) atoms. The van der Waals surface area contributed by atoms with Gasteiger partial charge in [0.2, 0.25) is 5.91 Å². The Morgan fingerprint density at radius 1 is 1.37 bits per heavy atom. The summed E-state index contributed by atoms with van der Waals surface area (Å²) in [5.41, 5.74) is 1.09. The van der Waals surface area contributed by atoms with Crippen LogP contribution < -0.4 is 4.90 Å². The first-order valence-electron chi connectivity index (χ1n) is 6.62. The molecule has 1 unspecified atom stereocenters. The molecule has 0 heterocycles. The van der Waals surface area contributed by atoms with Crippen molar-refractivity contribution in [1.82, 2.24) is 0 Å². The molecule has 0 aromatic heterocycles. The van der Waals surface area contributed by atoms with Gasteiger partial charge in [0.25, 0.3) is 0 Å². The average molecular weight is 258 g/mol. The molecule has 3 nitrogen and oxygen atoms in total. The van der Waals surface area contributed by atoms with Crippen molar-refractivity contribution >= 4 is 11.6 Å². The van der Waals surface area contributed by atoms with Crippen LogP contribution in [0, 0.1) is 16.7 Å². The second-order valence-corrected chi connectivity index (χ2v) is 5.50. The van der Waals surface area contributed by atoms with Crippen LogP contribution in [0.25, 0.3) is 0 Å². The molecule has 0 bridgehead atoms. The Bertz CT molecular complexity index is 482. The third kappa shape index (κ3) is 3.35. The van der Waals surface area contributed by atoms with Gasteiger partial charge in [-0.05, 0) is 43.9 Å². The van der Waals surface area contributed by atoms with Crippen LogP contribution in [-0.2, 0) is 4.79 Å². The zero-order valence-corrected chi connectivity index (χ0v) is 12.4. The van der Waals surface area contributed by atoms with Crippen molar-refractivity contribution in [3.05, 3.63) is 29.8 Å². The van der Waals surface area contributed by atoms with Gasteiger partial charge in [0.05, 0.1) is 6.07 Å². The second-order valence-electron chi connectivity index (χ2n) is 5.50. The van der Waals surface area contributed by atoms with Gasteiger partial charge < -0.3 is 4.90 Å². The zero-order chi connectivity index (χ0) is 14.6. The zero-order valence-electron chi connectivity index (χ0n) is 12.4. The minimum absolute atomic E-state index is 0.189. The van der Waals surface area contributed by atoms with Crippen LogP contribution >= 0.6 is 0 Å². The van der Waals surface area contributed by atoms with Crippen LogP contribution in [0.4, 0.5) is 5.69 Å². The largest absolute Gasteiger partial charge is 0.314 e. The minimum atomic E-state index is -0.996. The van der Waals surface area contributed by atoms with E-state index in [0.29, 0.717) is 5.92 Å². The number of carbonyl (C=O) groups is 1. The molecule has 0 aliphatic carbocycles. The van der Waals surface area contributed by atoms with Crippen LogP contribution in [0.15, 0.2) is 24.3 Å². The molecule has 102 valence electrons. The third-order valence-electron chi connectivity index (χ3n) is 3.58. The summed E-state index contributed by atoms with van der Waals surface area (Å²) >= 11 is 0. The monoisotopic (exact) mass is 258 g/mol. The first-order chi connectivity index (χ1) is 8.83. The topological polar surface area (TPSA) is 44.1 Å². The Kier molecular flexibility index (Phi) is 4.72. The highest BCUT2D eigenvalue weighted by molar-refractivity contribution is 5.98. The summed E-state index contributed by atoms with van der Waals surface area (Å²) in [5.74, 6) is 0.330. The van der Waals surface area contributed by atoms with E-state index in [0.717, 1.165) is 12.1 Å². The van der Waals surface area contributed by atoms with Gasteiger partial charge in [-0.2, -0.15) is 5.26 Å². The lowest BCUT2D eigenvalue weighted by molar-refractivity contribution is -0.123. The van der Waals surface area contributed by atoms with Crippen molar-refractivity contribution in [3.63, 3.8) is 0 Å². The number of anilines is 1. The molecule has 0 N–H and O–H groups in total. The molecule has 0 saturated carbocycles. The highest BCUT2D eigenvalue weighted by Gasteiger charge is 2.30. The van der Waals surface area contributed by atoms with Crippen molar-refractivity contribution < 1.29 is 4.79 Å². The summed E-state index contributed by atoms with van der Waals surface area (Å²) < 4.78 is 0. The Balaban J connectivity index is 2.93. The summed E-state index contributed by atoms with van der Waals surface area (Å²) in [6, 6.07) is 10.0. The van der Waals surface area contributed by atoms with E-state index in [9.17, 15) is 4.79 Å². The van der Waals surface area contributed by atoms with E-state index >= 15 is 0 Å². The van der Waals surface area contributed by atoms with Crippen LogP contribution in [0.5, 0.6) is 0 Å². The first-order valence-corrected chi connectivity index (χ1v) is 6.62. The number of hydrogen-bond donors (Lipinski definition) is 0. The number of carbonyl (C=O) groups excluding carboxylic acids is 1. The molecular formula is C16H22N2O. The fourth-order valence-electron chi connectivity index (χ4n) is 1.85. The average Bonchev–Trinajstić information content (AvgIpc) is 2.44. The Hall–Kier alpha value is -1.82. The van der Waals surface area contributed by atoms with Gasteiger partial charge in [0, 0.05) is 12.7 Å². The summed E-state index contributed by atoms with van der Waals surface area (Å²) in [7, 11) is 1.71. The summed E-state index contributed by atoms with van der Waals surface area (Å²) in [6.45, 7) is 7.62. The van der Waals surface area contributed by atoms with Crippen molar-refractivity contribution in [3.8, 4) is 6.07 Å². The Labute approximate surface area is 115 Å². The maximum absolute atomic E-state index is 12.2. The number of nitriles is 1. The van der Waals surface area contributed by atoms with E-state index in [1.165, 1.54) is 5.56 Å². The van der Waals surface area contributed by atoms with Crippen LogP contribution in [0.3, 0.4) is 0 Å². The molecule has 0 aliphatic rings. The first kappa shape index (κ1) is 15.2. The van der Waals surface area contributed by atoms with Gasteiger partial charge in [-0.15, -0.1) is 0 Å². The quantitative estimate of drug-likeness (QED) is 0.826. The number of amides is 1. The number of nitrogens with zero attached hydrogens (tertiary/aromatic N) is 2. The molecule has 1 aromatic carbocycles. The smallest absolute Gasteiger partial charge is 0.246 e. The lowest BCUT2D eigenvalue weighted by Crippen LogP contribution is -2.37. The van der Waals surface area contributed by atoms with Crippen LogP contribution in [0.1, 0.15) is 45.6 Å². The maximum atomic E-state index is 12.2. The molecular weight excluding hydrogens is 236 g/mol. The summed E-state index contributed by atoms with van der Waals surface area (Å²) in [5, 5.41) is 9.01. The fourth-order valence-corrected chi connectivity index (χ4v) is 1.85. The Morgan fingerprint density at radius 3 is 2.32 bits per heavy atom. The van der Waals surface area contributed by atoms with Crippen LogP contribution in [0.2, 0.25) is 0 Å². The van der Waals surface area contributed by atoms with E-state index in [4.69, 9.17) is 5.26 Å². The molecule has 1 rings (SSSR count). The second kappa shape index (κ2) is 5.88. The fraction of sp³-hybridized carbons (Fsp3) is 0.500. The summed E-state index contributed by atoms with van der Waals surface area (Å²) in [6.07, 6.45) is 1.09. The predicted octanol–water partition coefficient (Wildman–Crippen LogP) is 3.71. The summed E-state index contributed by atoms with van der Waals surface area (Å²) in [4.78, 5) is 13.7. The highest BCUT2D eigenvalue weighted by Crippen LogP contribution is 2.25. The van der Waals surface area contributed by atoms with E-state index in [1.807, 2.05) is 30.3 Å². The molecule has 0 saturated heterocycles. The lowest BCUT2D eigenvalue weighted by Gasteiger charge is -2.24. The van der Waals surface area contributed by atoms with E-state index in [-0.39, 0.29) is 5.91 Å². The Morgan fingerprint density at radius 2 is 1.89 bits per heavy atom. The highest BCUT2D eigenvalue weighted by atomic mass is 16.2. The molecule has 1 atom stereocenters. The van der Waals surface area contributed by atoms with Crippen molar-refractivity contribution in [2.45, 2.75) is 40.0 Å². The van der Waals surface area contributed by atoms with Crippen molar-refractivity contribution in [2.75, 3.05) is 11.9 Å². The molecule has 0 fully saturated rings. The molecule has 0 aliphatic heterocycles. The van der Waals surface area contributed by atoms with Crippen LogP contribution in [-0.4, -0.2) is 13.0 Å². The molecule has 1 amide bonds. The number of rotatable bonds is 4. The predicted molar refractivity (Wildman–Crippen MR) is 78.0 cm³/mol. The molecule has 1 aromatic rings. The molecule has 0 spiro atoms. The standard InChI is InChI=1S/C16H22N2O/c1-6-12(2)13-7-9-14(10-8-13)18(5)15(19)16(3,4)11-17/h7-10,12H,6H2,1-5H3. The normalized spacial score (nSPS) is 12.6. The van der Waals surface area contributed by atoms with Gasteiger partial charge in [0.15, 0.2) is 0 Å². The minimum Gasteiger partial charge on any atom is -0.314 e. The third-order valence-corrected chi connectivity index (χ3v) is 3.58. The van der Waals surface area contributed by atoms with Gasteiger partial charge in [-0.1, -0.05) is 26.0 Å². The molecule has 0 radical (unpaired) electrons. The van der Waals surface area contributed by atoms with Gasteiger partial charge in [-0.3, -0.25) is 4.79 Å². The van der Waals surface area contributed by atoms with Gasteiger partial charge >= 0.3 is 0 Å². The van der Waals surface area contributed by atoms with E-state index in [1.54, 1.807) is 25.8 Å². The van der Waals surface area contributed by atoms with Crippen molar-refractivity contribution in [1.29, 1.82) is 5.26 Å². The number of benzene rings is 1. The molecule has 3 heteroatoms.